The van der Waals surface area contributed by atoms with Crippen LogP contribution in [0.4, 0.5) is 0 Å². The molecule has 0 saturated carbocycles. The highest BCUT2D eigenvalue weighted by Gasteiger charge is 2.35. The maximum atomic E-state index is 4.56. The van der Waals surface area contributed by atoms with Crippen LogP contribution in [0.3, 0.4) is 0 Å². The van der Waals surface area contributed by atoms with E-state index in [2.05, 4.69) is 91.6 Å². The Labute approximate surface area is 156 Å². The van der Waals surface area contributed by atoms with E-state index in [9.17, 15) is 0 Å². The third-order valence-corrected chi connectivity index (χ3v) is 5.45. The summed E-state index contributed by atoms with van der Waals surface area (Å²) in [6, 6.07) is 25.9. The van der Waals surface area contributed by atoms with Crippen LogP contribution < -0.4 is 0 Å². The van der Waals surface area contributed by atoms with Crippen molar-refractivity contribution < 1.29 is 0 Å². The molecule has 0 bridgehead atoms. The largest absolute Gasteiger partial charge is 0.261 e. The zero-order valence-electron chi connectivity index (χ0n) is 15.5. The molecule has 1 nitrogen and oxygen atoms in total. The number of hydrogen-bond acceptors (Lipinski definition) is 1. The predicted molar refractivity (Wildman–Crippen MR) is 109 cm³/mol. The van der Waals surface area contributed by atoms with E-state index < -0.39 is 0 Å². The normalized spacial score (nSPS) is 16.2. The van der Waals surface area contributed by atoms with Crippen molar-refractivity contribution in [3.63, 3.8) is 0 Å². The molecule has 1 aromatic heterocycles. The Morgan fingerprint density at radius 3 is 2.35 bits per heavy atom. The van der Waals surface area contributed by atoms with Crippen LogP contribution in [0, 0.1) is 5.41 Å². The van der Waals surface area contributed by atoms with Crippen LogP contribution in [-0.2, 0) is 12.8 Å². The standard InChI is InChI=1S/C25H25N/c1-25(2,18-21-12-8-9-15-26-21)24-17-20(16-19-10-4-3-5-11-19)22-13-6-7-14-23(22)24/h3-15,17,24H,16,18H2,1-2H3. The fourth-order valence-electron chi connectivity index (χ4n) is 4.14. The molecule has 0 amide bonds. The van der Waals surface area contributed by atoms with Crippen LogP contribution in [0.1, 0.15) is 42.1 Å². The Bertz CT molecular complexity index is 907. The Morgan fingerprint density at radius 2 is 1.58 bits per heavy atom. The summed E-state index contributed by atoms with van der Waals surface area (Å²) >= 11 is 0. The van der Waals surface area contributed by atoms with Crippen molar-refractivity contribution in [2.45, 2.75) is 32.6 Å². The molecule has 1 unspecified atom stereocenters. The number of rotatable bonds is 5. The molecule has 0 spiro atoms. The number of nitrogens with zero attached hydrogens (tertiary/aromatic N) is 1. The fraction of sp³-hybridized carbons (Fsp3) is 0.240. The number of allylic oxidation sites excluding steroid dienone is 2. The van der Waals surface area contributed by atoms with Gasteiger partial charge < -0.3 is 0 Å². The van der Waals surface area contributed by atoms with Gasteiger partial charge in [0, 0.05) is 17.8 Å². The van der Waals surface area contributed by atoms with Crippen molar-refractivity contribution in [1.82, 2.24) is 4.98 Å². The van der Waals surface area contributed by atoms with E-state index in [4.69, 9.17) is 0 Å². The molecule has 4 rings (SSSR count). The lowest BCUT2D eigenvalue weighted by molar-refractivity contribution is 0.321. The lowest BCUT2D eigenvalue weighted by atomic mass is 9.73. The second-order valence-electron chi connectivity index (χ2n) is 7.91. The van der Waals surface area contributed by atoms with Gasteiger partial charge in [-0.2, -0.15) is 0 Å². The average Bonchev–Trinajstić information content (AvgIpc) is 3.03. The first-order chi connectivity index (χ1) is 12.6. The van der Waals surface area contributed by atoms with E-state index in [0.29, 0.717) is 5.92 Å². The first-order valence-electron chi connectivity index (χ1n) is 9.37. The minimum Gasteiger partial charge on any atom is -0.261 e. The van der Waals surface area contributed by atoms with E-state index in [1.165, 1.54) is 28.0 Å². The summed E-state index contributed by atoms with van der Waals surface area (Å²) < 4.78 is 0. The summed E-state index contributed by atoms with van der Waals surface area (Å²) in [5, 5.41) is 0. The summed E-state index contributed by atoms with van der Waals surface area (Å²) in [6.07, 6.45) is 6.36. The number of fused-ring (bicyclic) bond motifs is 1. The highest BCUT2D eigenvalue weighted by molar-refractivity contribution is 5.76. The summed E-state index contributed by atoms with van der Waals surface area (Å²) in [7, 11) is 0. The van der Waals surface area contributed by atoms with Crippen LogP contribution >= 0.6 is 0 Å². The van der Waals surface area contributed by atoms with Crippen molar-refractivity contribution in [3.8, 4) is 0 Å². The highest BCUT2D eigenvalue weighted by atomic mass is 14.7. The zero-order valence-corrected chi connectivity index (χ0v) is 15.5. The van der Waals surface area contributed by atoms with E-state index in [0.717, 1.165) is 12.8 Å². The van der Waals surface area contributed by atoms with E-state index in [1.807, 2.05) is 12.3 Å². The SMILES string of the molecule is CC(C)(Cc1ccccn1)C1C=C(Cc2ccccc2)c2ccccc21. The molecule has 1 heterocycles. The Morgan fingerprint density at radius 1 is 0.846 bits per heavy atom. The van der Waals surface area contributed by atoms with Crippen molar-refractivity contribution in [1.29, 1.82) is 0 Å². The molecule has 26 heavy (non-hydrogen) atoms. The zero-order chi connectivity index (χ0) is 18.0. The van der Waals surface area contributed by atoms with Gasteiger partial charge in [0.2, 0.25) is 0 Å². The molecule has 0 N–H and O–H groups in total. The van der Waals surface area contributed by atoms with E-state index >= 15 is 0 Å². The fourth-order valence-corrected chi connectivity index (χ4v) is 4.14. The van der Waals surface area contributed by atoms with Gasteiger partial charge in [0.1, 0.15) is 0 Å². The van der Waals surface area contributed by atoms with Crippen LogP contribution in [0.25, 0.3) is 5.57 Å². The predicted octanol–water partition coefficient (Wildman–Crippen LogP) is 6.07. The highest BCUT2D eigenvalue weighted by Crippen LogP contribution is 2.47. The molecule has 0 aliphatic heterocycles. The summed E-state index contributed by atoms with van der Waals surface area (Å²) in [5.74, 6) is 0.416. The smallest absolute Gasteiger partial charge is 0.0409 e. The maximum absolute atomic E-state index is 4.56. The van der Waals surface area contributed by atoms with Gasteiger partial charge in [0.15, 0.2) is 0 Å². The summed E-state index contributed by atoms with van der Waals surface area (Å²) in [6.45, 7) is 4.73. The lowest BCUT2D eigenvalue weighted by Gasteiger charge is -2.31. The minimum absolute atomic E-state index is 0.114. The van der Waals surface area contributed by atoms with Gasteiger partial charge >= 0.3 is 0 Å². The van der Waals surface area contributed by atoms with Crippen molar-refractivity contribution >= 4 is 5.57 Å². The van der Waals surface area contributed by atoms with Crippen LogP contribution in [0.2, 0.25) is 0 Å². The lowest BCUT2D eigenvalue weighted by Crippen LogP contribution is -2.23. The molecule has 1 aliphatic carbocycles. The first kappa shape index (κ1) is 16.8. The van der Waals surface area contributed by atoms with Gasteiger partial charge in [-0.25, -0.2) is 0 Å². The third kappa shape index (κ3) is 3.35. The summed E-state index contributed by atoms with van der Waals surface area (Å²) in [5.41, 5.74) is 6.97. The molecular weight excluding hydrogens is 314 g/mol. The minimum atomic E-state index is 0.114. The molecule has 1 heteroatoms. The molecule has 0 fully saturated rings. The van der Waals surface area contributed by atoms with Crippen LogP contribution in [-0.4, -0.2) is 4.98 Å². The van der Waals surface area contributed by atoms with Crippen LogP contribution in [0.5, 0.6) is 0 Å². The monoisotopic (exact) mass is 339 g/mol. The summed E-state index contributed by atoms with van der Waals surface area (Å²) in [4.78, 5) is 4.56. The van der Waals surface area contributed by atoms with E-state index in [1.54, 1.807) is 0 Å². The maximum Gasteiger partial charge on any atom is 0.0409 e. The molecule has 1 aliphatic rings. The number of benzene rings is 2. The average molecular weight is 339 g/mol. The Kier molecular flexibility index (Phi) is 4.46. The Balaban J connectivity index is 1.67. The van der Waals surface area contributed by atoms with Gasteiger partial charge in [-0.3, -0.25) is 4.98 Å². The van der Waals surface area contributed by atoms with Gasteiger partial charge in [-0.1, -0.05) is 80.6 Å². The number of hydrogen-bond donors (Lipinski definition) is 0. The van der Waals surface area contributed by atoms with E-state index in [-0.39, 0.29) is 5.41 Å². The van der Waals surface area contributed by atoms with Gasteiger partial charge in [0.25, 0.3) is 0 Å². The first-order valence-corrected chi connectivity index (χ1v) is 9.37. The second-order valence-corrected chi connectivity index (χ2v) is 7.91. The second kappa shape index (κ2) is 6.92. The topological polar surface area (TPSA) is 12.9 Å². The van der Waals surface area contributed by atoms with Gasteiger partial charge in [0.05, 0.1) is 0 Å². The van der Waals surface area contributed by atoms with Gasteiger partial charge in [-0.05, 0) is 52.7 Å². The third-order valence-electron chi connectivity index (χ3n) is 5.45. The molecule has 130 valence electrons. The molecule has 1 atom stereocenters. The number of aromatic nitrogens is 1. The molecule has 0 saturated heterocycles. The molecule has 2 aromatic carbocycles. The van der Waals surface area contributed by atoms with Crippen molar-refractivity contribution in [2.75, 3.05) is 0 Å². The van der Waals surface area contributed by atoms with Gasteiger partial charge in [-0.15, -0.1) is 0 Å². The van der Waals surface area contributed by atoms with Crippen LogP contribution in [0.15, 0.2) is 85.1 Å². The molecule has 3 aromatic rings. The molecular formula is C25H25N. The van der Waals surface area contributed by atoms with Crippen molar-refractivity contribution in [3.05, 3.63) is 107 Å². The quantitative estimate of drug-likeness (QED) is 0.549. The van der Waals surface area contributed by atoms with Crippen molar-refractivity contribution in [2.24, 2.45) is 5.41 Å². The number of pyridine rings is 1. The molecule has 0 radical (unpaired) electrons. The Hall–Kier alpha value is -2.67.